The van der Waals surface area contributed by atoms with Gasteiger partial charge in [0.05, 0.1) is 5.92 Å². The Bertz CT molecular complexity index is 300. The van der Waals surface area contributed by atoms with Gasteiger partial charge in [0.1, 0.15) is 0 Å². The van der Waals surface area contributed by atoms with Gasteiger partial charge in [-0.05, 0) is 12.8 Å². The summed E-state index contributed by atoms with van der Waals surface area (Å²) in [5.41, 5.74) is 0. The van der Waals surface area contributed by atoms with E-state index in [4.69, 9.17) is 0 Å². The number of nitrogens with zero attached hydrogens (tertiary/aromatic N) is 1. The fourth-order valence-electron chi connectivity index (χ4n) is 2.94. The molecule has 1 saturated carbocycles. The Morgan fingerprint density at radius 1 is 1.11 bits per heavy atom. The quantitative estimate of drug-likeness (QED) is 0.783. The van der Waals surface area contributed by atoms with E-state index < -0.39 is 18.0 Å². The predicted molar refractivity (Wildman–Crippen MR) is 61.0 cm³/mol. The summed E-state index contributed by atoms with van der Waals surface area (Å²) in [4.78, 5) is 13.8. The minimum Gasteiger partial charge on any atom is -0.340 e. The number of carbonyl (C=O) groups is 1. The number of hydrogen-bond acceptors (Lipinski definition) is 2. The SMILES string of the molecule is O=C(C1CCCCC1C(F)(F)F)N1CCNCC1. The van der Waals surface area contributed by atoms with Crippen LogP contribution >= 0.6 is 0 Å². The molecule has 0 aromatic heterocycles. The van der Waals surface area contributed by atoms with Crippen LogP contribution in [0.1, 0.15) is 25.7 Å². The average molecular weight is 264 g/mol. The van der Waals surface area contributed by atoms with E-state index in [1.165, 1.54) is 0 Å². The largest absolute Gasteiger partial charge is 0.392 e. The molecule has 0 spiro atoms. The maximum absolute atomic E-state index is 12.9. The molecule has 1 amide bonds. The fourth-order valence-corrected chi connectivity index (χ4v) is 2.94. The van der Waals surface area contributed by atoms with E-state index in [0.717, 1.165) is 6.42 Å². The van der Waals surface area contributed by atoms with Crippen LogP contribution in [0.15, 0.2) is 0 Å². The van der Waals surface area contributed by atoms with Gasteiger partial charge in [0.15, 0.2) is 0 Å². The first kappa shape index (κ1) is 13.6. The molecule has 2 unspecified atom stereocenters. The molecule has 0 aromatic rings. The molecular weight excluding hydrogens is 245 g/mol. The number of rotatable bonds is 1. The van der Waals surface area contributed by atoms with Crippen molar-refractivity contribution in [2.45, 2.75) is 31.9 Å². The van der Waals surface area contributed by atoms with Crippen molar-refractivity contribution in [2.75, 3.05) is 26.2 Å². The first-order chi connectivity index (χ1) is 8.50. The molecule has 2 aliphatic rings. The molecule has 1 saturated heterocycles. The lowest BCUT2D eigenvalue weighted by molar-refractivity contribution is -0.201. The van der Waals surface area contributed by atoms with Crippen molar-refractivity contribution in [3.63, 3.8) is 0 Å². The molecule has 2 fully saturated rings. The highest BCUT2D eigenvalue weighted by atomic mass is 19.4. The summed E-state index contributed by atoms with van der Waals surface area (Å²) in [6.07, 6.45) is -2.45. The van der Waals surface area contributed by atoms with Crippen LogP contribution in [0, 0.1) is 11.8 Å². The highest BCUT2D eigenvalue weighted by Crippen LogP contribution is 2.42. The Balaban J connectivity index is 2.05. The zero-order valence-electron chi connectivity index (χ0n) is 10.3. The van der Waals surface area contributed by atoms with E-state index >= 15 is 0 Å². The van der Waals surface area contributed by atoms with Gasteiger partial charge >= 0.3 is 6.18 Å². The van der Waals surface area contributed by atoms with Gasteiger partial charge in [-0.1, -0.05) is 12.8 Å². The zero-order chi connectivity index (χ0) is 13.2. The van der Waals surface area contributed by atoms with Crippen LogP contribution in [-0.2, 0) is 4.79 Å². The summed E-state index contributed by atoms with van der Waals surface area (Å²) in [6, 6.07) is 0. The van der Waals surface area contributed by atoms with Gasteiger partial charge in [0.25, 0.3) is 0 Å². The number of halogens is 3. The van der Waals surface area contributed by atoms with Crippen molar-refractivity contribution in [1.29, 1.82) is 0 Å². The van der Waals surface area contributed by atoms with Crippen molar-refractivity contribution in [3.8, 4) is 0 Å². The van der Waals surface area contributed by atoms with Crippen molar-refractivity contribution in [2.24, 2.45) is 11.8 Å². The van der Waals surface area contributed by atoms with Crippen LogP contribution in [0.2, 0.25) is 0 Å². The Hall–Kier alpha value is -0.780. The second kappa shape index (κ2) is 5.47. The van der Waals surface area contributed by atoms with Crippen LogP contribution in [0.25, 0.3) is 0 Å². The first-order valence-corrected chi connectivity index (χ1v) is 6.56. The van der Waals surface area contributed by atoms with E-state index in [1.807, 2.05) is 0 Å². The minimum atomic E-state index is -4.24. The van der Waals surface area contributed by atoms with Crippen LogP contribution < -0.4 is 5.32 Å². The lowest BCUT2D eigenvalue weighted by Crippen LogP contribution is -2.51. The topological polar surface area (TPSA) is 32.3 Å². The molecule has 1 aliphatic carbocycles. The van der Waals surface area contributed by atoms with E-state index in [0.29, 0.717) is 39.0 Å². The minimum absolute atomic E-state index is 0.103. The maximum atomic E-state index is 12.9. The summed E-state index contributed by atoms with van der Waals surface area (Å²) in [6.45, 7) is 2.41. The molecule has 1 aliphatic heterocycles. The second-order valence-corrected chi connectivity index (χ2v) is 5.11. The number of hydrogen-bond donors (Lipinski definition) is 1. The van der Waals surface area contributed by atoms with Crippen molar-refractivity contribution in [3.05, 3.63) is 0 Å². The number of carbonyl (C=O) groups excluding carboxylic acids is 1. The predicted octanol–water partition coefficient (Wildman–Crippen LogP) is 1.79. The van der Waals surface area contributed by atoms with Crippen LogP contribution in [0.5, 0.6) is 0 Å². The summed E-state index contributed by atoms with van der Waals surface area (Å²) >= 11 is 0. The molecule has 2 atom stereocenters. The normalized spacial score (nSPS) is 30.3. The van der Waals surface area contributed by atoms with E-state index in [1.54, 1.807) is 4.90 Å². The third-order valence-electron chi connectivity index (χ3n) is 3.93. The number of amides is 1. The van der Waals surface area contributed by atoms with E-state index in [-0.39, 0.29) is 12.3 Å². The highest BCUT2D eigenvalue weighted by molar-refractivity contribution is 5.79. The highest BCUT2D eigenvalue weighted by Gasteiger charge is 2.48. The van der Waals surface area contributed by atoms with E-state index in [9.17, 15) is 18.0 Å². The Morgan fingerprint density at radius 2 is 1.72 bits per heavy atom. The summed E-state index contributed by atoms with van der Waals surface area (Å²) < 4.78 is 38.8. The van der Waals surface area contributed by atoms with Crippen molar-refractivity contribution in [1.82, 2.24) is 10.2 Å². The Kier molecular flexibility index (Phi) is 4.14. The third kappa shape index (κ3) is 2.96. The van der Waals surface area contributed by atoms with Gasteiger partial charge in [0, 0.05) is 32.1 Å². The third-order valence-corrected chi connectivity index (χ3v) is 3.93. The lowest BCUT2D eigenvalue weighted by atomic mass is 9.78. The van der Waals surface area contributed by atoms with Crippen molar-refractivity contribution >= 4 is 5.91 Å². The standard InChI is InChI=1S/C12H19F3N2O/c13-12(14,15)10-4-2-1-3-9(10)11(18)17-7-5-16-6-8-17/h9-10,16H,1-8H2. The van der Waals surface area contributed by atoms with Gasteiger partial charge in [-0.3, -0.25) is 4.79 Å². The molecule has 1 N–H and O–H groups in total. The zero-order valence-corrected chi connectivity index (χ0v) is 10.3. The number of alkyl halides is 3. The molecule has 6 heteroatoms. The van der Waals surface area contributed by atoms with Crippen molar-refractivity contribution < 1.29 is 18.0 Å². The van der Waals surface area contributed by atoms with Gasteiger partial charge in [-0.25, -0.2) is 0 Å². The van der Waals surface area contributed by atoms with Crippen LogP contribution in [-0.4, -0.2) is 43.2 Å². The summed E-state index contributed by atoms with van der Waals surface area (Å²) in [7, 11) is 0. The maximum Gasteiger partial charge on any atom is 0.392 e. The molecule has 1 heterocycles. The number of nitrogens with one attached hydrogen (secondary N) is 1. The fraction of sp³-hybridized carbons (Fsp3) is 0.917. The first-order valence-electron chi connectivity index (χ1n) is 6.56. The van der Waals surface area contributed by atoms with Gasteiger partial charge in [-0.15, -0.1) is 0 Å². The Morgan fingerprint density at radius 3 is 2.33 bits per heavy atom. The monoisotopic (exact) mass is 264 g/mol. The molecule has 3 nitrogen and oxygen atoms in total. The van der Waals surface area contributed by atoms with Gasteiger partial charge in [0.2, 0.25) is 5.91 Å². The molecular formula is C12H19F3N2O. The second-order valence-electron chi connectivity index (χ2n) is 5.11. The molecule has 2 rings (SSSR count). The van der Waals surface area contributed by atoms with E-state index in [2.05, 4.69) is 5.32 Å². The summed E-state index contributed by atoms with van der Waals surface area (Å²) in [5.74, 6) is -2.58. The van der Waals surface area contributed by atoms with Gasteiger partial charge < -0.3 is 10.2 Å². The molecule has 0 radical (unpaired) electrons. The van der Waals surface area contributed by atoms with Gasteiger partial charge in [-0.2, -0.15) is 13.2 Å². The summed E-state index contributed by atoms with van der Waals surface area (Å²) in [5, 5.41) is 3.10. The van der Waals surface area contributed by atoms with Crippen LogP contribution in [0.3, 0.4) is 0 Å². The smallest absolute Gasteiger partial charge is 0.340 e. The lowest BCUT2D eigenvalue weighted by Gasteiger charge is -2.37. The molecule has 18 heavy (non-hydrogen) atoms. The molecule has 104 valence electrons. The molecule has 0 bridgehead atoms. The Labute approximate surface area is 105 Å². The number of piperazine rings is 1. The van der Waals surface area contributed by atoms with Crippen LogP contribution in [0.4, 0.5) is 13.2 Å². The average Bonchev–Trinajstić information content (AvgIpc) is 2.38. The molecule has 0 aromatic carbocycles.